The lowest BCUT2D eigenvalue weighted by Crippen LogP contribution is -2.50. The SMILES string of the molecule is CC(C)[C@@H](NC(=O)c1ccccc1F)C(=O)NC[C@H](CO)CC1CCCC1. The van der Waals surface area contributed by atoms with Gasteiger partial charge in [-0.1, -0.05) is 51.7 Å². The highest BCUT2D eigenvalue weighted by Crippen LogP contribution is 2.30. The first-order valence-electron chi connectivity index (χ1n) is 9.86. The van der Waals surface area contributed by atoms with Gasteiger partial charge in [-0.3, -0.25) is 9.59 Å². The number of hydrogen-bond donors (Lipinski definition) is 3. The Kier molecular flexibility index (Phi) is 8.23. The van der Waals surface area contributed by atoms with Crippen LogP contribution in [0.1, 0.15) is 56.3 Å². The predicted molar refractivity (Wildman–Crippen MR) is 103 cm³/mol. The Morgan fingerprint density at radius 2 is 1.89 bits per heavy atom. The zero-order valence-electron chi connectivity index (χ0n) is 16.2. The molecule has 1 aliphatic rings. The fourth-order valence-corrected chi connectivity index (χ4v) is 3.69. The van der Waals surface area contributed by atoms with Crippen LogP contribution in [0.25, 0.3) is 0 Å². The summed E-state index contributed by atoms with van der Waals surface area (Å²) in [6.45, 7) is 4.07. The number of benzene rings is 1. The third-order valence-electron chi connectivity index (χ3n) is 5.32. The maximum absolute atomic E-state index is 13.8. The number of rotatable bonds is 9. The number of aliphatic hydroxyl groups is 1. The van der Waals surface area contributed by atoms with Crippen LogP contribution in [-0.2, 0) is 4.79 Å². The van der Waals surface area contributed by atoms with Crippen LogP contribution < -0.4 is 10.6 Å². The molecule has 0 aliphatic heterocycles. The van der Waals surface area contributed by atoms with Crippen LogP contribution in [0.5, 0.6) is 0 Å². The van der Waals surface area contributed by atoms with E-state index in [0.717, 1.165) is 6.42 Å². The number of nitrogens with one attached hydrogen (secondary N) is 2. The number of carbonyl (C=O) groups is 2. The second-order valence-electron chi connectivity index (χ2n) is 7.85. The quantitative estimate of drug-likeness (QED) is 0.618. The Morgan fingerprint density at radius 3 is 2.48 bits per heavy atom. The van der Waals surface area contributed by atoms with Gasteiger partial charge < -0.3 is 15.7 Å². The van der Waals surface area contributed by atoms with Gasteiger partial charge in [0, 0.05) is 13.2 Å². The molecule has 0 saturated heterocycles. The second kappa shape index (κ2) is 10.4. The molecule has 0 heterocycles. The lowest BCUT2D eigenvalue weighted by Gasteiger charge is -2.24. The van der Waals surface area contributed by atoms with Gasteiger partial charge in [0.15, 0.2) is 0 Å². The summed E-state index contributed by atoms with van der Waals surface area (Å²) >= 11 is 0. The largest absolute Gasteiger partial charge is 0.396 e. The maximum atomic E-state index is 13.8. The average Bonchev–Trinajstić information content (AvgIpc) is 3.15. The number of amides is 2. The summed E-state index contributed by atoms with van der Waals surface area (Å²) in [5, 5.41) is 15.1. The second-order valence-corrected chi connectivity index (χ2v) is 7.85. The van der Waals surface area contributed by atoms with Gasteiger partial charge in [-0.15, -0.1) is 0 Å². The molecule has 0 spiro atoms. The van der Waals surface area contributed by atoms with E-state index in [9.17, 15) is 19.1 Å². The summed E-state index contributed by atoms with van der Waals surface area (Å²) < 4.78 is 13.8. The van der Waals surface area contributed by atoms with E-state index in [4.69, 9.17) is 0 Å². The molecule has 0 aromatic heterocycles. The Balaban J connectivity index is 1.91. The zero-order chi connectivity index (χ0) is 19.8. The fourth-order valence-electron chi connectivity index (χ4n) is 3.69. The highest BCUT2D eigenvalue weighted by Gasteiger charge is 2.27. The number of carbonyl (C=O) groups excluding carboxylic acids is 2. The maximum Gasteiger partial charge on any atom is 0.254 e. The molecule has 0 radical (unpaired) electrons. The van der Waals surface area contributed by atoms with Gasteiger partial charge in [0.05, 0.1) is 5.56 Å². The molecule has 27 heavy (non-hydrogen) atoms. The van der Waals surface area contributed by atoms with Gasteiger partial charge in [0.25, 0.3) is 5.91 Å². The Hall–Kier alpha value is -1.95. The van der Waals surface area contributed by atoms with Crippen LogP contribution in [0.3, 0.4) is 0 Å². The van der Waals surface area contributed by atoms with Crippen LogP contribution >= 0.6 is 0 Å². The van der Waals surface area contributed by atoms with Gasteiger partial charge in [-0.2, -0.15) is 0 Å². The molecule has 1 aromatic carbocycles. The van der Waals surface area contributed by atoms with E-state index >= 15 is 0 Å². The summed E-state index contributed by atoms with van der Waals surface area (Å²) in [5.41, 5.74) is -0.0783. The summed E-state index contributed by atoms with van der Waals surface area (Å²) in [6.07, 6.45) is 5.78. The van der Waals surface area contributed by atoms with Crippen molar-refractivity contribution < 1.29 is 19.1 Å². The van der Waals surface area contributed by atoms with Crippen LogP contribution in [0.2, 0.25) is 0 Å². The average molecular weight is 378 g/mol. The van der Waals surface area contributed by atoms with Crippen molar-refractivity contribution in [2.24, 2.45) is 17.8 Å². The molecular formula is C21H31FN2O3. The first-order valence-corrected chi connectivity index (χ1v) is 9.86. The molecule has 2 amide bonds. The Labute approximate surface area is 160 Å². The molecule has 0 unspecified atom stereocenters. The smallest absolute Gasteiger partial charge is 0.254 e. The monoisotopic (exact) mass is 378 g/mol. The molecule has 1 saturated carbocycles. The van der Waals surface area contributed by atoms with Crippen molar-refractivity contribution in [3.8, 4) is 0 Å². The highest BCUT2D eigenvalue weighted by atomic mass is 19.1. The van der Waals surface area contributed by atoms with E-state index in [0.29, 0.717) is 12.5 Å². The Morgan fingerprint density at radius 1 is 1.22 bits per heavy atom. The summed E-state index contributed by atoms with van der Waals surface area (Å²) in [5.74, 6) is -1.03. The molecule has 6 heteroatoms. The van der Waals surface area contributed by atoms with Gasteiger partial charge in [0.2, 0.25) is 5.91 Å². The third-order valence-corrected chi connectivity index (χ3v) is 5.32. The number of halogens is 1. The molecule has 1 aliphatic carbocycles. The van der Waals surface area contributed by atoms with E-state index in [1.807, 2.05) is 13.8 Å². The van der Waals surface area contributed by atoms with Gasteiger partial charge in [-0.05, 0) is 36.3 Å². The van der Waals surface area contributed by atoms with Gasteiger partial charge in [-0.25, -0.2) is 4.39 Å². The predicted octanol–water partition coefficient (Wildman–Crippen LogP) is 2.89. The molecule has 5 nitrogen and oxygen atoms in total. The van der Waals surface area contributed by atoms with E-state index in [1.54, 1.807) is 6.07 Å². The van der Waals surface area contributed by atoms with Crippen LogP contribution in [0.15, 0.2) is 24.3 Å². The third kappa shape index (κ3) is 6.31. The lowest BCUT2D eigenvalue weighted by molar-refractivity contribution is -0.124. The molecule has 2 atom stereocenters. The van der Waals surface area contributed by atoms with Crippen molar-refractivity contribution in [1.82, 2.24) is 10.6 Å². The molecule has 150 valence electrons. The summed E-state index contributed by atoms with van der Waals surface area (Å²) in [7, 11) is 0. The van der Waals surface area contributed by atoms with Crippen molar-refractivity contribution >= 4 is 11.8 Å². The molecule has 1 fully saturated rings. The minimum absolute atomic E-state index is 0.0205. The van der Waals surface area contributed by atoms with Crippen molar-refractivity contribution in [1.29, 1.82) is 0 Å². The van der Waals surface area contributed by atoms with Crippen molar-refractivity contribution in [3.05, 3.63) is 35.6 Å². The fraction of sp³-hybridized carbons (Fsp3) is 0.619. The van der Waals surface area contributed by atoms with E-state index < -0.39 is 17.8 Å². The van der Waals surface area contributed by atoms with Crippen molar-refractivity contribution in [2.75, 3.05) is 13.2 Å². The van der Waals surface area contributed by atoms with Crippen molar-refractivity contribution in [3.63, 3.8) is 0 Å². The molecule has 1 aromatic rings. The molecule has 2 rings (SSSR count). The minimum Gasteiger partial charge on any atom is -0.396 e. The van der Waals surface area contributed by atoms with E-state index in [1.165, 1.54) is 43.9 Å². The Bertz CT molecular complexity index is 630. The van der Waals surface area contributed by atoms with Crippen LogP contribution in [0, 0.1) is 23.6 Å². The molecule has 0 bridgehead atoms. The van der Waals surface area contributed by atoms with Gasteiger partial charge >= 0.3 is 0 Å². The number of aliphatic hydroxyl groups excluding tert-OH is 1. The highest BCUT2D eigenvalue weighted by molar-refractivity contribution is 5.97. The van der Waals surface area contributed by atoms with Crippen LogP contribution in [-0.4, -0.2) is 36.1 Å². The molecular weight excluding hydrogens is 347 g/mol. The minimum atomic E-state index is -0.761. The van der Waals surface area contributed by atoms with Gasteiger partial charge in [0.1, 0.15) is 11.9 Å². The van der Waals surface area contributed by atoms with E-state index in [2.05, 4.69) is 10.6 Å². The normalized spacial score (nSPS) is 16.9. The first kappa shape index (κ1) is 21.4. The summed E-state index contributed by atoms with van der Waals surface area (Å²) in [4.78, 5) is 24.9. The zero-order valence-corrected chi connectivity index (χ0v) is 16.2. The topological polar surface area (TPSA) is 78.4 Å². The number of hydrogen-bond acceptors (Lipinski definition) is 3. The molecule has 3 N–H and O–H groups in total. The first-order chi connectivity index (χ1) is 12.9. The van der Waals surface area contributed by atoms with Crippen LogP contribution in [0.4, 0.5) is 4.39 Å². The lowest BCUT2D eigenvalue weighted by atomic mass is 9.93. The summed E-state index contributed by atoms with van der Waals surface area (Å²) in [6, 6.07) is 4.94. The standard InChI is InChI=1S/C21H31FN2O3/c1-14(2)19(24-20(26)17-9-5-6-10-18(17)22)21(27)23-12-16(13-25)11-15-7-3-4-8-15/h5-6,9-10,14-16,19,25H,3-4,7-8,11-13H2,1-2H3,(H,23,27)(H,24,26)/t16-,19-/m1/s1. The van der Waals surface area contributed by atoms with Crippen molar-refractivity contribution in [2.45, 2.75) is 52.0 Å². The van der Waals surface area contributed by atoms with E-state index in [-0.39, 0.29) is 29.9 Å².